The van der Waals surface area contributed by atoms with Gasteiger partial charge in [-0.3, -0.25) is 4.79 Å². The van der Waals surface area contributed by atoms with Gasteiger partial charge >= 0.3 is 0 Å². The predicted octanol–water partition coefficient (Wildman–Crippen LogP) is -0.638. The molecule has 2 heterocycles. The molecule has 7 heteroatoms. The van der Waals surface area contributed by atoms with E-state index in [1.807, 2.05) is 10.8 Å². The molecule has 3 N–H and O–H groups in total. The lowest BCUT2D eigenvalue weighted by Gasteiger charge is -2.27. The van der Waals surface area contributed by atoms with Gasteiger partial charge in [0.05, 0.1) is 13.0 Å². The monoisotopic (exact) mass is 223 g/mol. The van der Waals surface area contributed by atoms with Gasteiger partial charge in [-0.15, -0.1) is 0 Å². The van der Waals surface area contributed by atoms with E-state index in [1.165, 1.54) is 0 Å². The van der Waals surface area contributed by atoms with Gasteiger partial charge in [0.2, 0.25) is 5.91 Å². The fraction of sp³-hybridized carbons (Fsp3) is 0.444. The number of hydrogen-bond donors (Lipinski definition) is 2. The molecule has 0 aliphatic carbocycles. The molecule has 0 atom stereocenters. The Balaban J connectivity index is 2.01. The van der Waals surface area contributed by atoms with Crippen molar-refractivity contribution in [3.8, 4) is 0 Å². The number of amidine groups is 1. The second-order valence-corrected chi connectivity index (χ2v) is 3.62. The maximum absolute atomic E-state index is 11.7. The summed E-state index contributed by atoms with van der Waals surface area (Å²) in [5.41, 5.74) is 5.29. The van der Waals surface area contributed by atoms with Crippen molar-refractivity contribution in [2.75, 3.05) is 6.54 Å². The van der Waals surface area contributed by atoms with Crippen molar-refractivity contribution < 1.29 is 10.0 Å². The molecule has 1 aliphatic heterocycles. The third kappa shape index (κ3) is 1.97. The first-order chi connectivity index (χ1) is 7.70. The molecule has 0 bridgehead atoms. The molecule has 16 heavy (non-hydrogen) atoms. The van der Waals surface area contributed by atoms with Crippen LogP contribution < -0.4 is 5.73 Å². The van der Waals surface area contributed by atoms with Gasteiger partial charge in [-0.05, 0) is 0 Å². The van der Waals surface area contributed by atoms with Crippen LogP contribution in [0.5, 0.6) is 0 Å². The fourth-order valence-electron chi connectivity index (χ4n) is 1.69. The van der Waals surface area contributed by atoms with Crippen LogP contribution >= 0.6 is 0 Å². The van der Waals surface area contributed by atoms with Gasteiger partial charge in [0.25, 0.3) is 0 Å². The van der Waals surface area contributed by atoms with E-state index >= 15 is 0 Å². The van der Waals surface area contributed by atoms with E-state index in [-0.39, 0.29) is 18.2 Å². The summed E-state index contributed by atoms with van der Waals surface area (Å²) in [4.78, 5) is 17.5. The van der Waals surface area contributed by atoms with Crippen molar-refractivity contribution in [1.29, 1.82) is 0 Å². The molecule has 86 valence electrons. The lowest BCUT2D eigenvalue weighted by Crippen LogP contribution is -2.39. The number of imidazole rings is 1. The largest absolute Gasteiger partial charge is 0.409 e. The quantitative estimate of drug-likeness (QED) is 0.301. The number of oxime groups is 1. The first-order valence-corrected chi connectivity index (χ1v) is 4.95. The van der Waals surface area contributed by atoms with Crippen LogP contribution in [0.4, 0.5) is 0 Å². The minimum absolute atomic E-state index is 0.0583. The van der Waals surface area contributed by atoms with Crippen molar-refractivity contribution in [2.24, 2.45) is 10.9 Å². The highest BCUT2D eigenvalue weighted by Crippen LogP contribution is 2.10. The van der Waals surface area contributed by atoms with Crippen LogP contribution in [0.3, 0.4) is 0 Å². The molecule has 0 unspecified atom stereocenters. The first-order valence-electron chi connectivity index (χ1n) is 4.95. The number of carbonyl (C=O) groups excluding carboxylic acids is 1. The lowest BCUT2D eigenvalue weighted by atomic mass is 10.3. The van der Waals surface area contributed by atoms with Gasteiger partial charge in [0.15, 0.2) is 0 Å². The Morgan fingerprint density at radius 1 is 1.62 bits per heavy atom. The molecule has 1 amide bonds. The predicted molar refractivity (Wildman–Crippen MR) is 55.7 cm³/mol. The Morgan fingerprint density at radius 2 is 2.44 bits per heavy atom. The van der Waals surface area contributed by atoms with Crippen LogP contribution in [0.25, 0.3) is 0 Å². The summed E-state index contributed by atoms with van der Waals surface area (Å²) in [6.07, 6.45) is 3.55. The van der Waals surface area contributed by atoms with Crippen molar-refractivity contribution in [3.05, 3.63) is 18.2 Å². The van der Waals surface area contributed by atoms with Crippen molar-refractivity contribution in [1.82, 2.24) is 14.5 Å². The molecule has 2 rings (SSSR count). The van der Waals surface area contributed by atoms with E-state index in [2.05, 4.69) is 10.1 Å². The van der Waals surface area contributed by atoms with Gasteiger partial charge in [-0.2, -0.15) is 0 Å². The SMILES string of the molecule is NC(CC(=O)N1CCn2ccnc2C1)=NO. The fourth-order valence-corrected chi connectivity index (χ4v) is 1.69. The van der Waals surface area contributed by atoms with E-state index < -0.39 is 0 Å². The first kappa shape index (κ1) is 10.5. The van der Waals surface area contributed by atoms with Crippen LogP contribution in [-0.2, 0) is 17.9 Å². The summed E-state index contributed by atoms with van der Waals surface area (Å²) in [6.45, 7) is 1.84. The third-order valence-corrected chi connectivity index (χ3v) is 2.56. The highest BCUT2D eigenvalue weighted by atomic mass is 16.4. The zero-order valence-corrected chi connectivity index (χ0v) is 8.70. The molecule has 1 aliphatic rings. The Kier molecular flexibility index (Phi) is 2.76. The summed E-state index contributed by atoms with van der Waals surface area (Å²) in [7, 11) is 0. The summed E-state index contributed by atoms with van der Waals surface area (Å²) in [5, 5.41) is 11.2. The Morgan fingerprint density at radius 3 is 3.19 bits per heavy atom. The molecular formula is C9H13N5O2. The highest BCUT2D eigenvalue weighted by molar-refractivity contribution is 5.98. The van der Waals surface area contributed by atoms with Crippen LogP contribution in [-0.4, -0.2) is 37.9 Å². The maximum Gasteiger partial charge on any atom is 0.230 e. The molecule has 0 aromatic carbocycles. The minimum Gasteiger partial charge on any atom is -0.409 e. The number of nitrogens with zero attached hydrogens (tertiary/aromatic N) is 4. The van der Waals surface area contributed by atoms with Gasteiger partial charge in [-0.25, -0.2) is 4.98 Å². The van der Waals surface area contributed by atoms with E-state index in [0.29, 0.717) is 13.1 Å². The summed E-state index contributed by atoms with van der Waals surface area (Å²) in [6, 6.07) is 0. The maximum atomic E-state index is 11.7. The van der Waals surface area contributed by atoms with Crippen LogP contribution in [0.1, 0.15) is 12.2 Å². The average Bonchev–Trinajstić information content (AvgIpc) is 2.75. The number of hydrogen-bond acceptors (Lipinski definition) is 4. The highest BCUT2D eigenvalue weighted by Gasteiger charge is 2.21. The zero-order chi connectivity index (χ0) is 11.5. The molecule has 1 aromatic heterocycles. The van der Waals surface area contributed by atoms with E-state index in [0.717, 1.165) is 12.4 Å². The number of aromatic nitrogens is 2. The smallest absolute Gasteiger partial charge is 0.230 e. The molecule has 0 spiro atoms. The van der Waals surface area contributed by atoms with E-state index in [4.69, 9.17) is 10.9 Å². The Bertz CT molecular complexity index is 425. The number of fused-ring (bicyclic) bond motifs is 1. The molecular weight excluding hydrogens is 210 g/mol. The standard InChI is InChI=1S/C9H13N5O2/c10-7(12-16)5-9(15)14-4-3-13-2-1-11-8(13)6-14/h1-2,16H,3-6H2,(H2,10,12). The number of rotatable bonds is 2. The van der Waals surface area contributed by atoms with Crippen LogP contribution in [0.15, 0.2) is 17.5 Å². The summed E-state index contributed by atoms with van der Waals surface area (Å²) < 4.78 is 2.01. The van der Waals surface area contributed by atoms with E-state index in [9.17, 15) is 4.79 Å². The average molecular weight is 223 g/mol. The van der Waals surface area contributed by atoms with E-state index in [1.54, 1.807) is 11.1 Å². The van der Waals surface area contributed by atoms with Crippen LogP contribution in [0.2, 0.25) is 0 Å². The van der Waals surface area contributed by atoms with Gasteiger partial charge < -0.3 is 20.4 Å². The summed E-state index contributed by atoms with van der Waals surface area (Å²) in [5.74, 6) is 0.641. The molecule has 0 saturated carbocycles. The van der Waals surface area contributed by atoms with Crippen molar-refractivity contribution in [2.45, 2.75) is 19.5 Å². The zero-order valence-electron chi connectivity index (χ0n) is 8.70. The van der Waals surface area contributed by atoms with Gasteiger partial charge in [0.1, 0.15) is 11.7 Å². The molecule has 7 nitrogen and oxygen atoms in total. The summed E-state index contributed by atoms with van der Waals surface area (Å²) >= 11 is 0. The van der Waals surface area contributed by atoms with Crippen LogP contribution in [0, 0.1) is 0 Å². The van der Waals surface area contributed by atoms with Crippen molar-refractivity contribution >= 4 is 11.7 Å². The molecule has 1 aromatic rings. The normalized spacial score (nSPS) is 16.0. The number of nitrogens with two attached hydrogens (primary N) is 1. The minimum atomic E-state index is -0.149. The third-order valence-electron chi connectivity index (χ3n) is 2.56. The number of carbonyl (C=O) groups is 1. The lowest BCUT2D eigenvalue weighted by molar-refractivity contribution is -0.131. The van der Waals surface area contributed by atoms with Crippen molar-refractivity contribution in [3.63, 3.8) is 0 Å². The molecule has 0 radical (unpaired) electrons. The second kappa shape index (κ2) is 4.21. The molecule has 0 fully saturated rings. The van der Waals surface area contributed by atoms with Gasteiger partial charge in [0, 0.05) is 25.5 Å². The second-order valence-electron chi connectivity index (χ2n) is 3.62. The Labute approximate surface area is 92.2 Å². The topological polar surface area (TPSA) is 96.7 Å². The Hall–Kier alpha value is -2.05. The molecule has 0 saturated heterocycles. The van der Waals surface area contributed by atoms with Gasteiger partial charge in [-0.1, -0.05) is 5.16 Å². The number of amides is 1.